The lowest BCUT2D eigenvalue weighted by atomic mass is 10.2. The number of ether oxygens (including phenoxy) is 2. The summed E-state index contributed by atoms with van der Waals surface area (Å²) in [5.41, 5.74) is 1.75. The Morgan fingerprint density at radius 1 is 1.05 bits per heavy atom. The van der Waals surface area contributed by atoms with E-state index in [0.717, 1.165) is 27.2 Å². The Hall–Kier alpha value is -1.27. The minimum atomic E-state index is -0.289. The molecule has 1 aliphatic heterocycles. The fourth-order valence-corrected chi connectivity index (χ4v) is 2.93. The van der Waals surface area contributed by atoms with Gasteiger partial charge in [0.1, 0.15) is 19.0 Å². The van der Waals surface area contributed by atoms with E-state index in [2.05, 4.69) is 37.2 Å². The van der Waals surface area contributed by atoms with Crippen molar-refractivity contribution in [3.8, 4) is 11.5 Å². The molecule has 6 heteroatoms. The molecule has 3 nitrogen and oxygen atoms in total. The highest BCUT2D eigenvalue weighted by Crippen LogP contribution is 2.38. The van der Waals surface area contributed by atoms with Gasteiger partial charge in [-0.1, -0.05) is 0 Å². The summed E-state index contributed by atoms with van der Waals surface area (Å²) in [5, 5.41) is 3.18. The van der Waals surface area contributed by atoms with Crippen molar-refractivity contribution in [3.63, 3.8) is 0 Å². The van der Waals surface area contributed by atoms with E-state index in [1.165, 1.54) is 6.07 Å². The van der Waals surface area contributed by atoms with Crippen molar-refractivity contribution in [1.29, 1.82) is 0 Å². The molecule has 0 bridgehead atoms. The van der Waals surface area contributed by atoms with Gasteiger partial charge in [-0.25, -0.2) is 4.39 Å². The molecule has 0 saturated heterocycles. The number of benzene rings is 2. The summed E-state index contributed by atoms with van der Waals surface area (Å²) >= 11 is 6.62. The van der Waals surface area contributed by atoms with Crippen molar-refractivity contribution >= 4 is 37.5 Å². The van der Waals surface area contributed by atoms with Crippen LogP contribution in [-0.2, 0) is 6.54 Å². The maximum atomic E-state index is 13.5. The summed E-state index contributed by atoms with van der Waals surface area (Å²) in [5.74, 6) is 1.18. The summed E-state index contributed by atoms with van der Waals surface area (Å²) in [7, 11) is 0. The van der Waals surface area contributed by atoms with Gasteiger partial charge in [-0.3, -0.25) is 0 Å². The third-order valence-electron chi connectivity index (χ3n) is 3.07. The fourth-order valence-electron chi connectivity index (χ4n) is 2.08. The molecular formula is C15H12Br2FNO2. The van der Waals surface area contributed by atoms with Crippen LogP contribution < -0.4 is 14.8 Å². The van der Waals surface area contributed by atoms with Gasteiger partial charge in [-0.15, -0.1) is 0 Å². The van der Waals surface area contributed by atoms with Gasteiger partial charge in [0.05, 0.1) is 8.95 Å². The molecule has 0 aromatic heterocycles. The van der Waals surface area contributed by atoms with Crippen molar-refractivity contribution in [2.45, 2.75) is 6.54 Å². The topological polar surface area (TPSA) is 30.5 Å². The molecule has 0 fully saturated rings. The Bertz CT molecular complexity index is 679. The second-order valence-electron chi connectivity index (χ2n) is 4.58. The first-order valence-electron chi connectivity index (χ1n) is 6.40. The first-order valence-corrected chi connectivity index (χ1v) is 7.99. The van der Waals surface area contributed by atoms with Gasteiger partial charge in [0.25, 0.3) is 0 Å². The Balaban J connectivity index is 1.76. The molecule has 0 aliphatic carbocycles. The fraction of sp³-hybridized carbons (Fsp3) is 0.200. The van der Waals surface area contributed by atoms with Crippen LogP contribution >= 0.6 is 31.9 Å². The molecule has 2 aromatic carbocycles. The zero-order chi connectivity index (χ0) is 14.8. The number of hydrogen-bond donors (Lipinski definition) is 1. The molecule has 0 unspecified atom stereocenters. The highest BCUT2D eigenvalue weighted by Gasteiger charge is 2.16. The zero-order valence-electron chi connectivity index (χ0n) is 11.0. The maximum Gasteiger partial charge on any atom is 0.175 e. The van der Waals surface area contributed by atoms with Crippen molar-refractivity contribution < 1.29 is 13.9 Å². The minimum Gasteiger partial charge on any atom is -0.486 e. The van der Waals surface area contributed by atoms with Crippen molar-refractivity contribution in [2.75, 3.05) is 18.5 Å². The van der Waals surface area contributed by atoms with Gasteiger partial charge in [0, 0.05) is 12.2 Å². The minimum absolute atomic E-state index is 0.289. The number of halogens is 3. The van der Waals surface area contributed by atoms with E-state index in [4.69, 9.17) is 9.47 Å². The second-order valence-corrected chi connectivity index (χ2v) is 6.29. The predicted octanol–water partition coefficient (Wildman–Crippen LogP) is 4.73. The average Bonchev–Trinajstić information content (AvgIpc) is 2.49. The third kappa shape index (κ3) is 3.32. The van der Waals surface area contributed by atoms with Gasteiger partial charge in [0.2, 0.25) is 0 Å². The Morgan fingerprint density at radius 3 is 2.67 bits per heavy atom. The monoisotopic (exact) mass is 415 g/mol. The first-order chi connectivity index (χ1) is 10.1. The van der Waals surface area contributed by atoms with Crippen molar-refractivity contribution in [3.05, 3.63) is 50.7 Å². The lowest BCUT2D eigenvalue weighted by Gasteiger charge is -2.20. The Labute approximate surface area is 138 Å². The van der Waals surface area contributed by atoms with E-state index in [1.54, 1.807) is 6.07 Å². The van der Waals surface area contributed by atoms with E-state index in [1.807, 2.05) is 18.2 Å². The smallest absolute Gasteiger partial charge is 0.175 e. The normalized spacial score (nSPS) is 13.1. The summed E-state index contributed by atoms with van der Waals surface area (Å²) in [6.45, 7) is 1.67. The van der Waals surface area contributed by atoms with E-state index in [9.17, 15) is 4.39 Å². The molecule has 0 amide bonds. The standard InChI is InChI=1S/C15H12Br2FNO2/c16-11-2-1-10(7-13(11)18)19-8-9-5-12(17)15-14(6-9)20-3-4-21-15/h1-2,5-7,19H,3-4,8H2. The van der Waals surface area contributed by atoms with E-state index >= 15 is 0 Å². The van der Waals surface area contributed by atoms with Crippen molar-refractivity contribution in [2.24, 2.45) is 0 Å². The van der Waals surface area contributed by atoms with Gasteiger partial charge in [-0.2, -0.15) is 0 Å². The quantitative estimate of drug-likeness (QED) is 0.784. The first kappa shape index (κ1) is 14.7. The lowest BCUT2D eigenvalue weighted by molar-refractivity contribution is 0.170. The van der Waals surface area contributed by atoms with Crippen LogP contribution in [-0.4, -0.2) is 13.2 Å². The van der Waals surface area contributed by atoms with Crippen molar-refractivity contribution in [1.82, 2.24) is 0 Å². The summed E-state index contributed by atoms with van der Waals surface area (Å²) in [6, 6.07) is 8.85. The largest absolute Gasteiger partial charge is 0.486 e. The molecular weight excluding hydrogens is 405 g/mol. The van der Waals surface area contributed by atoms with E-state index in [-0.39, 0.29) is 5.82 Å². The number of anilines is 1. The third-order valence-corrected chi connectivity index (χ3v) is 4.31. The summed E-state index contributed by atoms with van der Waals surface area (Å²) < 4.78 is 25.9. The van der Waals surface area contributed by atoms with Crippen LogP contribution in [0.2, 0.25) is 0 Å². The highest BCUT2D eigenvalue weighted by atomic mass is 79.9. The van der Waals surface area contributed by atoms with Crippen LogP contribution in [0.25, 0.3) is 0 Å². The average molecular weight is 417 g/mol. The van der Waals surface area contributed by atoms with Crippen LogP contribution in [0.4, 0.5) is 10.1 Å². The number of hydrogen-bond acceptors (Lipinski definition) is 3. The predicted molar refractivity (Wildman–Crippen MR) is 86.6 cm³/mol. The van der Waals surface area contributed by atoms with Crippen LogP contribution in [0.5, 0.6) is 11.5 Å². The van der Waals surface area contributed by atoms with Gasteiger partial charge in [-0.05, 0) is 67.8 Å². The van der Waals surface area contributed by atoms with Crippen LogP contribution in [0.1, 0.15) is 5.56 Å². The molecule has 2 aromatic rings. The van der Waals surface area contributed by atoms with Gasteiger partial charge < -0.3 is 14.8 Å². The molecule has 0 atom stereocenters. The zero-order valence-corrected chi connectivity index (χ0v) is 14.1. The number of rotatable bonds is 3. The maximum absolute atomic E-state index is 13.5. The molecule has 3 rings (SSSR count). The second kappa shape index (κ2) is 6.23. The highest BCUT2D eigenvalue weighted by molar-refractivity contribution is 9.10. The molecule has 110 valence electrons. The van der Waals surface area contributed by atoms with Gasteiger partial charge in [0.15, 0.2) is 11.5 Å². The molecule has 1 aliphatic rings. The molecule has 1 heterocycles. The van der Waals surface area contributed by atoms with Crippen LogP contribution in [0.3, 0.4) is 0 Å². The molecule has 0 radical (unpaired) electrons. The van der Waals surface area contributed by atoms with E-state index in [0.29, 0.717) is 24.2 Å². The van der Waals surface area contributed by atoms with Crippen LogP contribution in [0.15, 0.2) is 39.3 Å². The number of fused-ring (bicyclic) bond motifs is 1. The Morgan fingerprint density at radius 2 is 1.86 bits per heavy atom. The summed E-state index contributed by atoms with van der Waals surface area (Å²) in [4.78, 5) is 0. The number of nitrogens with one attached hydrogen (secondary N) is 1. The van der Waals surface area contributed by atoms with Gasteiger partial charge >= 0.3 is 0 Å². The lowest BCUT2D eigenvalue weighted by Crippen LogP contribution is -2.16. The van der Waals surface area contributed by atoms with E-state index < -0.39 is 0 Å². The molecule has 0 saturated carbocycles. The molecule has 1 N–H and O–H groups in total. The summed E-state index contributed by atoms with van der Waals surface area (Å²) in [6.07, 6.45) is 0. The Kier molecular flexibility index (Phi) is 4.35. The SMILES string of the molecule is Fc1cc(NCc2cc(Br)c3c(c2)OCCO3)ccc1Br. The molecule has 0 spiro atoms. The van der Waals surface area contributed by atoms with Crippen LogP contribution in [0, 0.1) is 5.82 Å². The molecule has 21 heavy (non-hydrogen) atoms.